The third-order valence-electron chi connectivity index (χ3n) is 7.15. The topological polar surface area (TPSA) is 52.7 Å². The second-order valence-electron chi connectivity index (χ2n) is 8.61. The van der Waals surface area contributed by atoms with Gasteiger partial charge in [-0.3, -0.25) is 9.59 Å². The van der Waals surface area contributed by atoms with E-state index in [1.807, 2.05) is 4.90 Å². The Bertz CT molecular complexity index is 489. The van der Waals surface area contributed by atoms with Crippen molar-refractivity contribution >= 4 is 11.8 Å². The third-order valence-corrected chi connectivity index (χ3v) is 7.15. The molecule has 140 valence electrons. The number of carbonyl (C=O) groups excluding carboxylic acids is 2. The summed E-state index contributed by atoms with van der Waals surface area (Å²) in [4.78, 5) is 30.4. The normalized spacial score (nSPS) is 36.2. The van der Waals surface area contributed by atoms with Crippen LogP contribution in [0.5, 0.6) is 0 Å². The molecule has 3 heterocycles. The van der Waals surface area contributed by atoms with Crippen LogP contribution in [-0.4, -0.2) is 60.9 Å². The van der Waals surface area contributed by atoms with E-state index in [0.717, 1.165) is 102 Å². The fourth-order valence-corrected chi connectivity index (χ4v) is 5.57. The lowest BCUT2D eigenvalue weighted by Gasteiger charge is -2.35. The number of rotatable bonds is 2. The lowest BCUT2D eigenvalue weighted by molar-refractivity contribution is -0.147. The maximum atomic E-state index is 13.3. The number of carbonyl (C=O) groups is 2. The fraction of sp³-hybridized carbons (Fsp3) is 0.900. The smallest absolute Gasteiger partial charge is 0.226 e. The Morgan fingerprint density at radius 3 is 1.64 bits per heavy atom. The molecule has 0 aromatic heterocycles. The molecule has 3 aliphatic heterocycles. The highest BCUT2D eigenvalue weighted by Gasteiger charge is 2.41. The van der Waals surface area contributed by atoms with Gasteiger partial charge in [0.05, 0.1) is 0 Å². The average molecular weight is 348 g/mol. The molecule has 0 aromatic carbocycles. The minimum Gasteiger partial charge on any atom is -0.342 e. The molecule has 5 nitrogen and oxygen atoms in total. The Balaban J connectivity index is 1.42. The summed E-state index contributed by atoms with van der Waals surface area (Å²) in [6.07, 6.45) is 8.53. The number of nitrogens with one attached hydrogen (secondary N) is 1. The van der Waals surface area contributed by atoms with E-state index < -0.39 is 0 Å². The molecule has 1 N–H and O–H groups in total. The zero-order valence-corrected chi connectivity index (χ0v) is 15.4. The van der Waals surface area contributed by atoms with Crippen molar-refractivity contribution in [1.82, 2.24) is 15.1 Å². The van der Waals surface area contributed by atoms with Gasteiger partial charge in [-0.1, -0.05) is 12.8 Å². The SMILES string of the molecule is O=C(C1CCCCC1C(=O)N1CC[C@@H]2CNC[C@@H]2CC1)N1CCCC1. The molecule has 4 fully saturated rings. The predicted octanol–water partition coefficient (Wildman–Crippen LogP) is 1.87. The molecular formula is C20H33N3O2. The number of hydrogen-bond acceptors (Lipinski definition) is 3. The molecule has 0 radical (unpaired) electrons. The van der Waals surface area contributed by atoms with Crippen molar-refractivity contribution in [3.05, 3.63) is 0 Å². The van der Waals surface area contributed by atoms with Crippen LogP contribution in [0.4, 0.5) is 0 Å². The number of fused-ring (bicyclic) bond motifs is 1. The van der Waals surface area contributed by atoms with Gasteiger partial charge >= 0.3 is 0 Å². The minimum absolute atomic E-state index is 0.0521. The first-order valence-corrected chi connectivity index (χ1v) is 10.5. The highest BCUT2D eigenvalue weighted by molar-refractivity contribution is 5.88. The van der Waals surface area contributed by atoms with Crippen LogP contribution in [0.1, 0.15) is 51.4 Å². The lowest BCUT2D eigenvalue weighted by Crippen LogP contribution is -2.46. The van der Waals surface area contributed by atoms with Crippen molar-refractivity contribution in [2.75, 3.05) is 39.3 Å². The van der Waals surface area contributed by atoms with E-state index >= 15 is 0 Å². The Labute approximate surface area is 151 Å². The molecule has 0 bridgehead atoms. The first-order chi connectivity index (χ1) is 12.2. The summed E-state index contributed by atoms with van der Waals surface area (Å²) in [5, 5.41) is 3.50. The number of hydrogen-bond donors (Lipinski definition) is 1. The standard InChI is InChI=1S/C20H33N3O2/c24-19(22-9-3-4-10-22)17-5-1-2-6-18(17)20(25)23-11-7-15-13-21-14-16(15)8-12-23/h15-18,21H,1-14H2/t15-,16+,17?,18?. The summed E-state index contributed by atoms with van der Waals surface area (Å²) in [5.74, 6) is 1.93. The zero-order valence-electron chi connectivity index (χ0n) is 15.4. The molecule has 4 rings (SSSR count). The maximum Gasteiger partial charge on any atom is 0.226 e. The first kappa shape index (κ1) is 17.3. The van der Waals surface area contributed by atoms with E-state index in [2.05, 4.69) is 10.2 Å². The minimum atomic E-state index is -0.0575. The largest absolute Gasteiger partial charge is 0.342 e. The van der Waals surface area contributed by atoms with Gasteiger partial charge in [-0.25, -0.2) is 0 Å². The van der Waals surface area contributed by atoms with Gasteiger partial charge in [0.2, 0.25) is 11.8 Å². The molecule has 1 saturated carbocycles. The fourth-order valence-electron chi connectivity index (χ4n) is 5.57. The van der Waals surface area contributed by atoms with Crippen molar-refractivity contribution in [3.63, 3.8) is 0 Å². The first-order valence-electron chi connectivity index (χ1n) is 10.5. The van der Waals surface area contributed by atoms with E-state index in [0.29, 0.717) is 0 Å². The lowest BCUT2D eigenvalue weighted by atomic mass is 9.77. The summed E-state index contributed by atoms with van der Waals surface area (Å²) >= 11 is 0. The van der Waals surface area contributed by atoms with Gasteiger partial charge in [0.1, 0.15) is 0 Å². The number of amides is 2. The van der Waals surface area contributed by atoms with Crippen LogP contribution in [-0.2, 0) is 9.59 Å². The summed E-state index contributed by atoms with van der Waals surface area (Å²) in [5.41, 5.74) is 0. The van der Waals surface area contributed by atoms with Crippen LogP contribution < -0.4 is 5.32 Å². The third kappa shape index (κ3) is 3.57. The van der Waals surface area contributed by atoms with Gasteiger partial charge in [0.15, 0.2) is 0 Å². The van der Waals surface area contributed by atoms with Crippen LogP contribution in [0.25, 0.3) is 0 Å². The van der Waals surface area contributed by atoms with Gasteiger partial charge in [-0.2, -0.15) is 0 Å². The Hall–Kier alpha value is -1.10. The zero-order chi connectivity index (χ0) is 17.2. The van der Waals surface area contributed by atoms with Crippen molar-refractivity contribution < 1.29 is 9.59 Å². The Morgan fingerprint density at radius 2 is 1.12 bits per heavy atom. The van der Waals surface area contributed by atoms with Crippen LogP contribution in [0.2, 0.25) is 0 Å². The van der Waals surface area contributed by atoms with Gasteiger partial charge < -0.3 is 15.1 Å². The predicted molar refractivity (Wildman–Crippen MR) is 96.9 cm³/mol. The molecule has 1 aliphatic carbocycles. The van der Waals surface area contributed by atoms with Gasteiger partial charge in [-0.15, -0.1) is 0 Å². The van der Waals surface area contributed by atoms with Crippen LogP contribution in [0.3, 0.4) is 0 Å². The highest BCUT2D eigenvalue weighted by atomic mass is 16.2. The van der Waals surface area contributed by atoms with Gasteiger partial charge in [0.25, 0.3) is 0 Å². The molecule has 3 saturated heterocycles. The highest BCUT2D eigenvalue weighted by Crippen LogP contribution is 2.35. The molecule has 2 unspecified atom stereocenters. The van der Waals surface area contributed by atoms with Crippen molar-refractivity contribution in [3.8, 4) is 0 Å². The van der Waals surface area contributed by atoms with E-state index in [1.165, 1.54) is 0 Å². The van der Waals surface area contributed by atoms with Crippen LogP contribution in [0, 0.1) is 23.7 Å². The summed E-state index contributed by atoms with van der Waals surface area (Å²) < 4.78 is 0. The van der Waals surface area contributed by atoms with E-state index in [1.54, 1.807) is 0 Å². The maximum absolute atomic E-state index is 13.3. The molecular weight excluding hydrogens is 314 g/mol. The second kappa shape index (κ2) is 7.65. The monoisotopic (exact) mass is 347 g/mol. The summed E-state index contributed by atoms with van der Waals surface area (Å²) in [7, 11) is 0. The number of nitrogens with zero attached hydrogens (tertiary/aromatic N) is 2. The van der Waals surface area contributed by atoms with Crippen molar-refractivity contribution in [2.24, 2.45) is 23.7 Å². The molecule has 0 aromatic rings. The Morgan fingerprint density at radius 1 is 0.640 bits per heavy atom. The van der Waals surface area contributed by atoms with E-state index in [-0.39, 0.29) is 23.7 Å². The molecule has 0 spiro atoms. The average Bonchev–Trinajstić information content (AvgIpc) is 3.30. The summed E-state index contributed by atoms with van der Waals surface area (Å²) in [6.45, 7) is 5.82. The van der Waals surface area contributed by atoms with E-state index in [4.69, 9.17) is 0 Å². The van der Waals surface area contributed by atoms with Gasteiger partial charge in [-0.05, 0) is 63.5 Å². The van der Waals surface area contributed by atoms with Crippen molar-refractivity contribution in [2.45, 2.75) is 51.4 Å². The molecule has 2 amide bonds. The Kier molecular flexibility index (Phi) is 5.30. The van der Waals surface area contributed by atoms with E-state index in [9.17, 15) is 9.59 Å². The second-order valence-corrected chi connectivity index (χ2v) is 8.61. The molecule has 4 atom stereocenters. The van der Waals surface area contributed by atoms with Crippen LogP contribution >= 0.6 is 0 Å². The molecule has 5 heteroatoms. The van der Waals surface area contributed by atoms with Crippen LogP contribution in [0.15, 0.2) is 0 Å². The van der Waals surface area contributed by atoms with Gasteiger partial charge in [0, 0.05) is 38.0 Å². The molecule has 25 heavy (non-hydrogen) atoms. The summed E-state index contributed by atoms with van der Waals surface area (Å²) in [6, 6.07) is 0. The molecule has 4 aliphatic rings. The quantitative estimate of drug-likeness (QED) is 0.830. The van der Waals surface area contributed by atoms with Crippen molar-refractivity contribution in [1.29, 1.82) is 0 Å². The number of likely N-dealkylation sites (tertiary alicyclic amines) is 2.